The molecule has 0 aromatic heterocycles. The third-order valence-corrected chi connectivity index (χ3v) is 7.01. The topological polar surface area (TPSA) is 66.5 Å². The highest BCUT2D eigenvalue weighted by atomic mass is 16.5. The maximum absolute atomic E-state index is 10.4. The molecule has 5 heteroatoms. The van der Waals surface area contributed by atoms with Gasteiger partial charge in [-0.25, -0.2) is 0 Å². The number of benzene rings is 3. The summed E-state index contributed by atoms with van der Waals surface area (Å²) < 4.78 is 5.86. The van der Waals surface area contributed by atoms with Gasteiger partial charge in [0.1, 0.15) is 11.5 Å². The van der Waals surface area contributed by atoms with Gasteiger partial charge < -0.3 is 9.84 Å². The number of hydrogen-bond donors (Lipinski definition) is 1. The highest BCUT2D eigenvalue weighted by Crippen LogP contribution is 2.25. The quantitative estimate of drug-likeness (QED) is 0.0878. The van der Waals surface area contributed by atoms with Crippen molar-refractivity contribution in [1.29, 1.82) is 0 Å². The van der Waals surface area contributed by atoms with Gasteiger partial charge in [-0.15, -0.1) is 0 Å². The molecule has 0 saturated heterocycles. The Bertz CT molecular complexity index is 1130. The maximum Gasteiger partial charge on any atom is 0.128 e. The Morgan fingerprint density at radius 2 is 1.12 bits per heavy atom. The first-order chi connectivity index (χ1) is 19.7. The Labute approximate surface area is 241 Å². The first-order valence-electron chi connectivity index (χ1n) is 15.3. The Hall–Kier alpha value is -3.47. The summed E-state index contributed by atoms with van der Waals surface area (Å²) in [7, 11) is 0. The van der Waals surface area contributed by atoms with Gasteiger partial charge in [0, 0.05) is 17.8 Å². The molecule has 0 unspecified atom stereocenters. The number of nitrogens with zero attached hydrogens (tertiary/aromatic N) is 3. The Morgan fingerprint density at radius 1 is 0.600 bits per heavy atom. The summed E-state index contributed by atoms with van der Waals surface area (Å²) >= 11 is 0. The molecule has 3 aromatic carbocycles. The molecule has 0 radical (unpaired) electrons. The SMILES string of the molecule is CCCCCCCCCCCCCCCCOc1ccc(C=Nc2ccc(N=Nc3ccccc3)cc2)c(O)c1. The van der Waals surface area contributed by atoms with Crippen LogP contribution in [0.1, 0.15) is 102 Å². The van der Waals surface area contributed by atoms with Gasteiger partial charge in [0.05, 0.1) is 23.7 Å². The van der Waals surface area contributed by atoms with Gasteiger partial charge in [-0.1, -0.05) is 109 Å². The Kier molecular flexibility index (Phi) is 15.2. The number of hydrogen-bond acceptors (Lipinski definition) is 5. The summed E-state index contributed by atoms with van der Waals surface area (Å²) in [5.74, 6) is 0.855. The van der Waals surface area contributed by atoms with Crippen molar-refractivity contribution in [1.82, 2.24) is 0 Å². The second-order valence-corrected chi connectivity index (χ2v) is 10.5. The lowest BCUT2D eigenvalue weighted by molar-refractivity contribution is 0.302. The van der Waals surface area contributed by atoms with Crippen LogP contribution >= 0.6 is 0 Å². The second-order valence-electron chi connectivity index (χ2n) is 10.5. The second kappa shape index (κ2) is 19.6. The number of ether oxygens (including phenoxy) is 1. The van der Waals surface area contributed by atoms with E-state index >= 15 is 0 Å². The number of aromatic hydroxyl groups is 1. The zero-order valence-electron chi connectivity index (χ0n) is 24.3. The van der Waals surface area contributed by atoms with Crippen LogP contribution in [0.25, 0.3) is 0 Å². The van der Waals surface area contributed by atoms with E-state index in [0.29, 0.717) is 17.9 Å². The highest BCUT2D eigenvalue weighted by molar-refractivity contribution is 5.85. The highest BCUT2D eigenvalue weighted by Gasteiger charge is 2.02. The Morgan fingerprint density at radius 3 is 1.70 bits per heavy atom. The van der Waals surface area contributed by atoms with Crippen LogP contribution in [0.4, 0.5) is 17.1 Å². The van der Waals surface area contributed by atoms with E-state index in [0.717, 1.165) is 23.5 Å². The third kappa shape index (κ3) is 13.1. The average molecular weight is 542 g/mol. The summed E-state index contributed by atoms with van der Waals surface area (Å²) in [5.41, 5.74) is 2.99. The van der Waals surface area contributed by atoms with Gasteiger partial charge in [0.25, 0.3) is 0 Å². The summed E-state index contributed by atoms with van der Waals surface area (Å²) in [6, 6.07) is 22.5. The minimum absolute atomic E-state index is 0.162. The van der Waals surface area contributed by atoms with E-state index < -0.39 is 0 Å². The van der Waals surface area contributed by atoms with Gasteiger partial charge in [-0.3, -0.25) is 4.99 Å². The van der Waals surface area contributed by atoms with Crippen LogP contribution < -0.4 is 4.74 Å². The van der Waals surface area contributed by atoms with Crippen molar-refractivity contribution in [3.63, 3.8) is 0 Å². The van der Waals surface area contributed by atoms with E-state index in [1.54, 1.807) is 12.3 Å². The van der Waals surface area contributed by atoms with Crippen molar-refractivity contribution in [3.05, 3.63) is 78.4 Å². The maximum atomic E-state index is 10.4. The molecular weight excluding hydrogens is 494 g/mol. The number of unbranched alkanes of at least 4 members (excludes halogenated alkanes) is 13. The smallest absolute Gasteiger partial charge is 0.128 e. The molecule has 3 aromatic rings. The lowest BCUT2D eigenvalue weighted by atomic mass is 10.0. The van der Waals surface area contributed by atoms with E-state index in [1.807, 2.05) is 66.7 Å². The van der Waals surface area contributed by atoms with Crippen LogP contribution in [0, 0.1) is 0 Å². The zero-order valence-corrected chi connectivity index (χ0v) is 24.3. The normalized spacial score (nSPS) is 11.5. The van der Waals surface area contributed by atoms with Crippen LogP contribution in [0.3, 0.4) is 0 Å². The van der Waals surface area contributed by atoms with Crippen molar-refractivity contribution in [2.75, 3.05) is 6.61 Å². The fourth-order valence-corrected chi connectivity index (χ4v) is 4.57. The molecule has 1 N–H and O–H groups in total. The largest absolute Gasteiger partial charge is 0.507 e. The van der Waals surface area contributed by atoms with Crippen LogP contribution in [0.5, 0.6) is 11.5 Å². The van der Waals surface area contributed by atoms with E-state index in [2.05, 4.69) is 22.1 Å². The van der Waals surface area contributed by atoms with E-state index in [9.17, 15) is 5.11 Å². The summed E-state index contributed by atoms with van der Waals surface area (Å²) in [6.07, 6.45) is 20.5. The number of azo groups is 1. The molecule has 3 rings (SSSR count). The molecule has 0 saturated carbocycles. The molecule has 0 aliphatic rings. The fraction of sp³-hybridized carbons (Fsp3) is 0.457. The van der Waals surface area contributed by atoms with Crippen molar-refractivity contribution in [3.8, 4) is 11.5 Å². The van der Waals surface area contributed by atoms with Crippen molar-refractivity contribution in [2.24, 2.45) is 15.2 Å². The minimum Gasteiger partial charge on any atom is -0.507 e. The lowest BCUT2D eigenvalue weighted by Gasteiger charge is -2.08. The molecule has 5 nitrogen and oxygen atoms in total. The molecule has 0 spiro atoms. The van der Waals surface area contributed by atoms with Crippen LogP contribution in [-0.4, -0.2) is 17.9 Å². The van der Waals surface area contributed by atoms with E-state index in [-0.39, 0.29) is 5.75 Å². The van der Waals surface area contributed by atoms with Gasteiger partial charge in [-0.05, 0) is 55.0 Å². The zero-order chi connectivity index (χ0) is 28.1. The monoisotopic (exact) mass is 541 g/mol. The molecule has 0 atom stereocenters. The molecule has 0 aliphatic heterocycles. The molecule has 0 aliphatic carbocycles. The fourth-order valence-electron chi connectivity index (χ4n) is 4.57. The Balaban J connectivity index is 1.26. The molecule has 0 fully saturated rings. The minimum atomic E-state index is 0.162. The predicted octanol–water partition coefficient (Wildman–Crippen LogP) is 11.4. The average Bonchev–Trinajstić information content (AvgIpc) is 2.98. The van der Waals surface area contributed by atoms with Crippen LogP contribution in [0.2, 0.25) is 0 Å². The molecule has 0 bridgehead atoms. The summed E-state index contributed by atoms with van der Waals surface area (Å²) in [5, 5.41) is 18.9. The summed E-state index contributed by atoms with van der Waals surface area (Å²) in [4.78, 5) is 4.47. The third-order valence-electron chi connectivity index (χ3n) is 7.01. The molecular formula is C35H47N3O2. The van der Waals surface area contributed by atoms with Gasteiger partial charge in [-0.2, -0.15) is 10.2 Å². The van der Waals surface area contributed by atoms with Crippen molar-refractivity contribution < 1.29 is 9.84 Å². The molecule has 0 heterocycles. The first-order valence-corrected chi connectivity index (χ1v) is 15.3. The van der Waals surface area contributed by atoms with Crippen LogP contribution in [0.15, 0.2) is 88.0 Å². The number of rotatable bonds is 20. The van der Waals surface area contributed by atoms with Crippen molar-refractivity contribution in [2.45, 2.75) is 96.8 Å². The molecule has 0 amide bonds. The number of phenolic OH excluding ortho intramolecular Hbond substituents is 1. The first kappa shape index (κ1) is 31.1. The van der Waals surface area contributed by atoms with Gasteiger partial charge in [0.2, 0.25) is 0 Å². The number of phenols is 1. The predicted molar refractivity (Wildman–Crippen MR) is 168 cm³/mol. The lowest BCUT2D eigenvalue weighted by Crippen LogP contribution is -1.97. The molecule has 214 valence electrons. The van der Waals surface area contributed by atoms with Crippen LogP contribution in [-0.2, 0) is 0 Å². The van der Waals surface area contributed by atoms with Crippen molar-refractivity contribution >= 4 is 23.3 Å². The standard InChI is InChI=1S/C35H47N3O2/c1-2-3-4-5-6-7-8-9-10-11-12-13-14-18-27-40-34-26-21-30(35(39)28-34)29-36-31-22-24-33(25-23-31)38-37-32-19-16-15-17-20-32/h15-17,19-26,28-29,39H,2-14,18,27H2,1H3. The summed E-state index contributed by atoms with van der Waals surface area (Å²) in [6.45, 7) is 2.96. The molecule has 40 heavy (non-hydrogen) atoms. The van der Waals surface area contributed by atoms with E-state index in [1.165, 1.54) is 83.5 Å². The van der Waals surface area contributed by atoms with E-state index in [4.69, 9.17) is 4.74 Å². The van der Waals surface area contributed by atoms with Gasteiger partial charge >= 0.3 is 0 Å². The number of aliphatic imine (C=N–C) groups is 1. The van der Waals surface area contributed by atoms with Gasteiger partial charge in [0.15, 0.2) is 0 Å².